The van der Waals surface area contributed by atoms with E-state index in [4.69, 9.17) is 9.97 Å². The van der Waals surface area contributed by atoms with Crippen LogP contribution in [-0.2, 0) is 6.18 Å². The van der Waals surface area contributed by atoms with Crippen molar-refractivity contribution in [2.75, 3.05) is 47.4 Å². The summed E-state index contributed by atoms with van der Waals surface area (Å²) in [5.41, 5.74) is 1.31. The lowest BCUT2D eigenvalue weighted by molar-refractivity contribution is -0.137. The van der Waals surface area contributed by atoms with Crippen LogP contribution in [0.3, 0.4) is 0 Å². The number of anilines is 3. The number of halogens is 4. The monoisotopic (exact) mass is 500 g/mol. The topological polar surface area (TPSA) is 48.4 Å². The number of nitrogens with zero attached hydrogens (tertiary/aromatic N) is 6. The molecule has 1 aromatic carbocycles. The SMILES string of the molecule is Cc1cc(-c2cc(N3CCN(c4ncccc4C(F)(F)F)CC3)nc(N3CCCC3C)n2)ccc1F. The first-order valence-electron chi connectivity index (χ1n) is 12.1. The van der Waals surface area contributed by atoms with Crippen LogP contribution in [0.5, 0.6) is 0 Å². The van der Waals surface area contributed by atoms with Gasteiger partial charge in [0.15, 0.2) is 0 Å². The Morgan fingerprint density at radius 2 is 1.69 bits per heavy atom. The van der Waals surface area contributed by atoms with Crippen molar-refractivity contribution in [3.63, 3.8) is 0 Å². The molecule has 2 aliphatic rings. The van der Waals surface area contributed by atoms with Crippen molar-refractivity contribution in [2.45, 2.75) is 38.9 Å². The summed E-state index contributed by atoms with van der Waals surface area (Å²) >= 11 is 0. The van der Waals surface area contributed by atoms with Crippen LogP contribution in [0.4, 0.5) is 35.1 Å². The van der Waals surface area contributed by atoms with Crippen molar-refractivity contribution < 1.29 is 17.6 Å². The quantitative estimate of drug-likeness (QED) is 0.452. The third-order valence-electron chi connectivity index (χ3n) is 6.96. The highest BCUT2D eigenvalue weighted by Gasteiger charge is 2.36. The molecular formula is C26H28F4N6. The minimum absolute atomic E-state index is 0.0404. The van der Waals surface area contributed by atoms with Crippen LogP contribution < -0.4 is 14.7 Å². The Kier molecular flexibility index (Phi) is 6.44. The summed E-state index contributed by atoms with van der Waals surface area (Å²) in [5.74, 6) is 1.03. The van der Waals surface area contributed by atoms with E-state index in [1.54, 1.807) is 24.0 Å². The Bertz CT molecular complexity index is 1240. The molecule has 0 N–H and O–H groups in total. The molecule has 2 aromatic heterocycles. The molecule has 0 radical (unpaired) electrons. The fourth-order valence-electron chi connectivity index (χ4n) is 4.91. The smallest absolute Gasteiger partial charge is 0.353 e. The van der Waals surface area contributed by atoms with Gasteiger partial charge in [0.1, 0.15) is 17.5 Å². The molecule has 6 nitrogen and oxygen atoms in total. The number of alkyl halides is 3. The number of piperazine rings is 1. The summed E-state index contributed by atoms with van der Waals surface area (Å²) in [5, 5.41) is 0. The minimum atomic E-state index is -4.46. The van der Waals surface area contributed by atoms with Gasteiger partial charge in [-0.1, -0.05) is 0 Å². The second-order valence-corrected chi connectivity index (χ2v) is 9.41. The van der Waals surface area contributed by atoms with Gasteiger partial charge in [-0.25, -0.2) is 14.4 Å². The number of aromatic nitrogens is 3. The van der Waals surface area contributed by atoms with Gasteiger partial charge in [-0.05, 0) is 62.6 Å². The molecule has 0 aliphatic carbocycles. The van der Waals surface area contributed by atoms with Gasteiger partial charge < -0.3 is 14.7 Å². The molecule has 2 aliphatic heterocycles. The summed E-state index contributed by atoms with van der Waals surface area (Å²) in [4.78, 5) is 19.6. The Balaban J connectivity index is 1.44. The first kappa shape index (κ1) is 24.3. The fourth-order valence-corrected chi connectivity index (χ4v) is 4.91. The van der Waals surface area contributed by atoms with E-state index in [-0.39, 0.29) is 11.6 Å². The zero-order valence-corrected chi connectivity index (χ0v) is 20.3. The molecule has 0 saturated carbocycles. The average Bonchev–Trinajstić information content (AvgIpc) is 3.31. The first-order chi connectivity index (χ1) is 17.2. The molecule has 1 unspecified atom stereocenters. The largest absolute Gasteiger partial charge is 0.419 e. The maximum absolute atomic E-state index is 13.9. The third kappa shape index (κ3) is 4.81. The molecule has 190 valence electrons. The maximum Gasteiger partial charge on any atom is 0.419 e. The van der Waals surface area contributed by atoms with Crippen LogP contribution in [0, 0.1) is 12.7 Å². The van der Waals surface area contributed by atoms with E-state index < -0.39 is 11.7 Å². The Morgan fingerprint density at radius 3 is 2.36 bits per heavy atom. The molecule has 3 aromatic rings. The van der Waals surface area contributed by atoms with Gasteiger partial charge in [0.05, 0.1) is 11.3 Å². The van der Waals surface area contributed by atoms with Crippen LogP contribution in [0.15, 0.2) is 42.6 Å². The zero-order chi connectivity index (χ0) is 25.4. The number of aryl methyl sites for hydroxylation is 1. The van der Waals surface area contributed by atoms with Crippen LogP contribution in [-0.4, -0.2) is 53.7 Å². The summed E-state index contributed by atoms with van der Waals surface area (Å²) in [6.45, 7) is 6.46. The predicted octanol–water partition coefficient (Wildman–Crippen LogP) is 5.32. The van der Waals surface area contributed by atoms with Crippen molar-refractivity contribution in [3.8, 4) is 11.3 Å². The van der Waals surface area contributed by atoms with Gasteiger partial charge in [-0.15, -0.1) is 0 Å². The van der Waals surface area contributed by atoms with Gasteiger partial charge >= 0.3 is 6.18 Å². The van der Waals surface area contributed by atoms with Crippen molar-refractivity contribution in [1.29, 1.82) is 0 Å². The second-order valence-electron chi connectivity index (χ2n) is 9.41. The standard InChI is InChI=1S/C26H28F4N6/c1-17-15-19(7-8-21(17)27)22-16-23(33-25(32-22)36-10-4-5-18(36)2)34-11-13-35(14-12-34)24-20(26(28,29)30)6-3-9-31-24/h3,6-9,15-16,18H,4-5,10-14H2,1-2H3. The van der Waals surface area contributed by atoms with Crippen LogP contribution in [0.25, 0.3) is 11.3 Å². The lowest BCUT2D eigenvalue weighted by Crippen LogP contribution is -2.47. The molecule has 10 heteroatoms. The first-order valence-corrected chi connectivity index (χ1v) is 12.1. The summed E-state index contributed by atoms with van der Waals surface area (Å²) < 4.78 is 54.4. The van der Waals surface area contributed by atoms with Crippen molar-refractivity contribution in [3.05, 3.63) is 59.5 Å². The number of hydrogen-bond acceptors (Lipinski definition) is 6. The van der Waals surface area contributed by atoms with Crippen molar-refractivity contribution in [2.24, 2.45) is 0 Å². The number of benzene rings is 1. The molecule has 0 amide bonds. The van der Waals surface area contributed by atoms with E-state index in [2.05, 4.69) is 21.7 Å². The lowest BCUT2D eigenvalue weighted by Gasteiger charge is -2.37. The van der Waals surface area contributed by atoms with Gasteiger partial charge in [0.2, 0.25) is 5.95 Å². The van der Waals surface area contributed by atoms with E-state index in [0.29, 0.717) is 55.2 Å². The van der Waals surface area contributed by atoms with Gasteiger partial charge in [0.25, 0.3) is 0 Å². The molecule has 0 bridgehead atoms. The molecule has 2 fully saturated rings. The molecule has 0 spiro atoms. The summed E-state index contributed by atoms with van der Waals surface area (Å²) in [6.07, 6.45) is -0.953. The van der Waals surface area contributed by atoms with Gasteiger partial charge in [-0.2, -0.15) is 18.2 Å². The third-order valence-corrected chi connectivity index (χ3v) is 6.96. The van der Waals surface area contributed by atoms with E-state index in [1.165, 1.54) is 18.3 Å². The highest BCUT2D eigenvalue weighted by Crippen LogP contribution is 2.36. The molecule has 2 saturated heterocycles. The van der Waals surface area contributed by atoms with Crippen molar-refractivity contribution >= 4 is 17.6 Å². The van der Waals surface area contributed by atoms with Crippen LogP contribution in [0.1, 0.15) is 30.9 Å². The van der Waals surface area contributed by atoms with Crippen LogP contribution in [0.2, 0.25) is 0 Å². The molecule has 1 atom stereocenters. The normalized spacial score (nSPS) is 18.7. The predicted molar refractivity (Wildman–Crippen MR) is 132 cm³/mol. The van der Waals surface area contributed by atoms with Gasteiger partial charge in [0, 0.05) is 56.6 Å². The van der Waals surface area contributed by atoms with Gasteiger partial charge in [-0.3, -0.25) is 0 Å². The number of rotatable bonds is 4. The summed E-state index contributed by atoms with van der Waals surface area (Å²) in [6, 6.07) is 9.50. The lowest BCUT2D eigenvalue weighted by atomic mass is 10.1. The van der Waals surface area contributed by atoms with E-state index in [1.807, 2.05) is 6.07 Å². The number of hydrogen-bond donors (Lipinski definition) is 0. The fraction of sp³-hybridized carbons (Fsp3) is 0.423. The summed E-state index contributed by atoms with van der Waals surface area (Å²) in [7, 11) is 0. The van der Waals surface area contributed by atoms with E-state index in [0.717, 1.165) is 31.0 Å². The van der Waals surface area contributed by atoms with Crippen molar-refractivity contribution in [1.82, 2.24) is 15.0 Å². The molecular weight excluding hydrogens is 472 g/mol. The Hall–Kier alpha value is -3.43. The average molecular weight is 501 g/mol. The van der Waals surface area contributed by atoms with E-state index in [9.17, 15) is 17.6 Å². The second kappa shape index (κ2) is 9.55. The number of pyridine rings is 1. The molecule has 4 heterocycles. The highest BCUT2D eigenvalue weighted by molar-refractivity contribution is 5.66. The maximum atomic E-state index is 13.9. The Morgan fingerprint density at radius 1 is 0.944 bits per heavy atom. The van der Waals surface area contributed by atoms with E-state index >= 15 is 0 Å². The molecule has 36 heavy (non-hydrogen) atoms. The highest BCUT2D eigenvalue weighted by atomic mass is 19.4. The van der Waals surface area contributed by atoms with Crippen LogP contribution >= 0.6 is 0 Å². The zero-order valence-electron chi connectivity index (χ0n) is 20.3. The minimum Gasteiger partial charge on any atom is -0.353 e. The molecule has 5 rings (SSSR count). The Labute approximate surface area is 207 Å².